The maximum Gasteiger partial charge on any atom is 0.131 e. The Kier molecular flexibility index (Phi) is 3.72. The van der Waals surface area contributed by atoms with Gasteiger partial charge in [-0.2, -0.15) is 0 Å². The highest BCUT2D eigenvalue weighted by molar-refractivity contribution is 5.44. The summed E-state index contributed by atoms with van der Waals surface area (Å²) in [4.78, 5) is 7.90. The van der Waals surface area contributed by atoms with Gasteiger partial charge in [0.1, 0.15) is 23.8 Å². The highest BCUT2D eigenvalue weighted by atomic mass is 19.1. The van der Waals surface area contributed by atoms with Crippen molar-refractivity contribution in [3.8, 4) is 0 Å². The molecule has 0 aliphatic carbocycles. The Balaban J connectivity index is 1.96. The lowest BCUT2D eigenvalue weighted by atomic mass is 10.1. The second-order valence-corrected chi connectivity index (χ2v) is 4.20. The molecule has 94 valence electrons. The summed E-state index contributed by atoms with van der Waals surface area (Å²) in [5, 5.41) is 3.22. The molecule has 0 spiro atoms. The summed E-state index contributed by atoms with van der Waals surface area (Å²) in [6.45, 7) is 2.03. The average molecular weight is 246 g/mol. The predicted octanol–water partition coefficient (Wildman–Crippen LogP) is 2.24. The SMILES string of the molecule is CC(Cc1ccc(F)cc1)Nc1cc(N)ncn1. The van der Waals surface area contributed by atoms with E-state index in [2.05, 4.69) is 15.3 Å². The van der Waals surface area contributed by atoms with Crippen LogP contribution < -0.4 is 11.1 Å². The molecule has 3 N–H and O–H groups in total. The van der Waals surface area contributed by atoms with Crippen LogP contribution in [-0.2, 0) is 6.42 Å². The molecule has 2 aromatic rings. The lowest BCUT2D eigenvalue weighted by molar-refractivity contribution is 0.626. The summed E-state index contributed by atoms with van der Waals surface area (Å²) in [6, 6.07) is 8.34. The van der Waals surface area contributed by atoms with Gasteiger partial charge in [0, 0.05) is 12.1 Å². The Hall–Kier alpha value is -2.17. The second-order valence-electron chi connectivity index (χ2n) is 4.20. The van der Waals surface area contributed by atoms with E-state index in [4.69, 9.17) is 5.73 Å². The molecule has 0 saturated carbocycles. The van der Waals surface area contributed by atoms with Gasteiger partial charge in [-0.3, -0.25) is 0 Å². The molecule has 0 radical (unpaired) electrons. The minimum Gasteiger partial charge on any atom is -0.384 e. The largest absolute Gasteiger partial charge is 0.384 e. The number of nitrogens with two attached hydrogens (primary N) is 1. The fourth-order valence-corrected chi connectivity index (χ4v) is 1.73. The summed E-state index contributed by atoms with van der Waals surface area (Å²) in [5.74, 6) is 0.904. The number of hydrogen-bond acceptors (Lipinski definition) is 4. The quantitative estimate of drug-likeness (QED) is 0.868. The summed E-state index contributed by atoms with van der Waals surface area (Å²) in [6.07, 6.45) is 2.20. The number of nitrogens with zero attached hydrogens (tertiary/aromatic N) is 2. The molecule has 1 atom stereocenters. The third-order valence-electron chi connectivity index (χ3n) is 2.54. The molecular weight excluding hydrogens is 231 g/mol. The van der Waals surface area contributed by atoms with E-state index >= 15 is 0 Å². The fourth-order valence-electron chi connectivity index (χ4n) is 1.73. The number of aromatic nitrogens is 2. The average Bonchev–Trinajstić information content (AvgIpc) is 2.32. The van der Waals surface area contributed by atoms with Crippen LogP contribution in [0.4, 0.5) is 16.0 Å². The molecule has 2 rings (SSSR count). The first-order valence-electron chi connectivity index (χ1n) is 5.72. The number of benzene rings is 1. The molecule has 4 nitrogen and oxygen atoms in total. The van der Waals surface area contributed by atoms with Gasteiger partial charge in [0.2, 0.25) is 0 Å². The monoisotopic (exact) mass is 246 g/mol. The van der Waals surface area contributed by atoms with Crippen molar-refractivity contribution >= 4 is 11.6 Å². The topological polar surface area (TPSA) is 63.8 Å². The Labute approximate surface area is 105 Å². The van der Waals surface area contributed by atoms with Gasteiger partial charge in [0.05, 0.1) is 0 Å². The molecule has 0 bridgehead atoms. The number of nitrogen functional groups attached to an aromatic ring is 1. The summed E-state index contributed by atoms with van der Waals surface area (Å²) in [7, 11) is 0. The lowest BCUT2D eigenvalue weighted by Crippen LogP contribution is -2.19. The number of halogens is 1. The summed E-state index contributed by atoms with van der Waals surface area (Å²) in [5.41, 5.74) is 6.64. The van der Waals surface area contributed by atoms with Crippen molar-refractivity contribution in [1.82, 2.24) is 9.97 Å². The van der Waals surface area contributed by atoms with E-state index in [1.165, 1.54) is 18.5 Å². The van der Waals surface area contributed by atoms with E-state index in [9.17, 15) is 4.39 Å². The highest BCUT2D eigenvalue weighted by Crippen LogP contribution is 2.10. The molecular formula is C13H15FN4. The molecule has 0 aliphatic rings. The predicted molar refractivity (Wildman–Crippen MR) is 69.6 cm³/mol. The Morgan fingerprint density at radius 2 is 2.00 bits per heavy atom. The van der Waals surface area contributed by atoms with Crippen LogP contribution in [0.15, 0.2) is 36.7 Å². The van der Waals surface area contributed by atoms with Crippen LogP contribution >= 0.6 is 0 Å². The Morgan fingerprint density at radius 3 is 2.67 bits per heavy atom. The van der Waals surface area contributed by atoms with Crippen molar-refractivity contribution in [3.63, 3.8) is 0 Å². The van der Waals surface area contributed by atoms with Crippen LogP contribution in [0.1, 0.15) is 12.5 Å². The van der Waals surface area contributed by atoms with E-state index < -0.39 is 0 Å². The number of hydrogen-bond donors (Lipinski definition) is 2. The number of rotatable bonds is 4. The van der Waals surface area contributed by atoms with Crippen LogP contribution in [-0.4, -0.2) is 16.0 Å². The van der Waals surface area contributed by atoms with Crippen LogP contribution in [0.5, 0.6) is 0 Å². The second kappa shape index (κ2) is 5.44. The van der Waals surface area contributed by atoms with Crippen molar-refractivity contribution in [2.45, 2.75) is 19.4 Å². The van der Waals surface area contributed by atoms with E-state index in [0.29, 0.717) is 11.6 Å². The van der Waals surface area contributed by atoms with Crippen molar-refractivity contribution < 1.29 is 4.39 Å². The zero-order valence-electron chi connectivity index (χ0n) is 10.1. The molecule has 0 aliphatic heterocycles. The first-order chi connectivity index (χ1) is 8.63. The van der Waals surface area contributed by atoms with Gasteiger partial charge in [-0.05, 0) is 31.0 Å². The first-order valence-corrected chi connectivity index (χ1v) is 5.72. The van der Waals surface area contributed by atoms with Gasteiger partial charge in [-0.25, -0.2) is 14.4 Å². The van der Waals surface area contributed by atoms with Gasteiger partial charge in [0.25, 0.3) is 0 Å². The zero-order chi connectivity index (χ0) is 13.0. The molecule has 5 heteroatoms. The van der Waals surface area contributed by atoms with Crippen molar-refractivity contribution in [3.05, 3.63) is 48.0 Å². The molecule has 0 amide bonds. The minimum absolute atomic E-state index is 0.171. The van der Waals surface area contributed by atoms with Gasteiger partial charge >= 0.3 is 0 Å². The maximum atomic E-state index is 12.8. The third-order valence-corrected chi connectivity index (χ3v) is 2.54. The Morgan fingerprint density at radius 1 is 1.28 bits per heavy atom. The van der Waals surface area contributed by atoms with Crippen LogP contribution in [0.2, 0.25) is 0 Å². The van der Waals surface area contributed by atoms with Crippen molar-refractivity contribution in [2.75, 3.05) is 11.1 Å². The Bertz CT molecular complexity index is 513. The van der Waals surface area contributed by atoms with Crippen molar-refractivity contribution in [1.29, 1.82) is 0 Å². The third kappa shape index (κ3) is 3.41. The maximum absolute atomic E-state index is 12.8. The lowest BCUT2D eigenvalue weighted by Gasteiger charge is -2.14. The van der Waals surface area contributed by atoms with Gasteiger partial charge < -0.3 is 11.1 Å². The summed E-state index contributed by atoms with van der Waals surface area (Å²) < 4.78 is 12.8. The number of nitrogens with one attached hydrogen (secondary N) is 1. The van der Waals surface area contributed by atoms with E-state index in [-0.39, 0.29) is 11.9 Å². The van der Waals surface area contributed by atoms with Crippen molar-refractivity contribution in [2.24, 2.45) is 0 Å². The smallest absolute Gasteiger partial charge is 0.131 e. The molecule has 0 saturated heterocycles. The normalized spacial score (nSPS) is 12.1. The summed E-state index contributed by atoms with van der Waals surface area (Å²) >= 11 is 0. The fraction of sp³-hybridized carbons (Fsp3) is 0.231. The van der Waals surface area contributed by atoms with E-state index in [0.717, 1.165) is 12.0 Å². The molecule has 18 heavy (non-hydrogen) atoms. The van der Waals surface area contributed by atoms with Gasteiger partial charge in [0.15, 0.2) is 0 Å². The standard InChI is InChI=1S/C13H15FN4/c1-9(6-10-2-4-11(14)5-3-10)18-13-7-12(15)16-8-17-13/h2-5,7-9H,6H2,1H3,(H3,15,16,17,18). The first kappa shape index (κ1) is 12.3. The van der Waals surface area contributed by atoms with Gasteiger partial charge in [-0.15, -0.1) is 0 Å². The number of anilines is 2. The van der Waals surface area contributed by atoms with Crippen LogP contribution in [0.25, 0.3) is 0 Å². The zero-order valence-corrected chi connectivity index (χ0v) is 10.1. The van der Waals surface area contributed by atoms with Crippen LogP contribution in [0, 0.1) is 5.82 Å². The molecule has 1 heterocycles. The molecule has 1 unspecified atom stereocenters. The van der Waals surface area contributed by atoms with E-state index in [1.54, 1.807) is 18.2 Å². The highest BCUT2D eigenvalue weighted by Gasteiger charge is 2.05. The van der Waals surface area contributed by atoms with Crippen LogP contribution in [0.3, 0.4) is 0 Å². The molecule has 0 fully saturated rings. The molecule has 1 aromatic carbocycles. The van der Waals surface area contributed by atoms with Gasteiger partial charge in [-0.1, -0.05) is 12.1 Å². The molecule has 1 aromatic heterocycles. The minimum atomic E-state index is -0.220. The van der Waals surface area contributed by atoms with E-state index in [1.807, 2.05) is 6.92 Å².